The van der Waals surface area contributed by atoms with Crippen molar-refractivity contribution in [3.8, 4) is 5.75 Å². The predicted molar refractivity (Wildman–Crippen MR) is 72.7 cm³/mol. The van der Waals surface area contributed by atoms with Gasteiger partial charge in [0.1, 0.15) is 0 Å². The molecule has 0 saturated carbocycles. The zero-order chi connectivity index (χ0) is 14.5. The smallest absolute Gasteiger partial charge is 0.403 e. The van der Waals surface area contributed by atoms with E-state index in [1.54, 1.807) is 6.07 Å². The number of rotatable bonds is 5. The molecule has 108 valence electrons. The summed E-state index contributed by atoms with van der Waals surface area (Å²) in [5.41, 5.74) is 5.50. The van der Waals surface area contributed by atoms with E-state index >= 15 is 0 Å². The summed E-state index contributed by atoms with van der Waals surface area (Å²) < 4.78 is 4.63. The third-order valence-electron chi connectivity index (χ3n) is 3.35. The maximum absolute atomic E-state index is 11.0. The molecule has 7 heteroatoms. The molecule has 0 radical (unpaired) electrons. The van der Waals surface area contributed by atoms with Crippen LogP contribution in [0.1, 0.15) is 18.4 Å². The Bertz CT molecular complexity index is 512. The fourth-order valence-corrected chi connectivity index (χ4v) is 2.35. The summed E-state index contributed by atoms with van der Waals surface area (Å²) in [6, 6.07) is 4.58. The highest BCUT2D eigenvalue weighted by atomic mass is 16.6. The number of likely N-dealkylation sites (tertiary alicyclic amines) is 1. The largest absolute Gasteiger partial charge is 0.410 e. The molecule has 1 aliphatic heterocycles. The molecule has 1 aromatic rings. The van der Waals surface area contributed by atoms with E-state index < -0.39 is 11.0 Å². The predicted octanol–water partition coefficient (Wildman–Crippen LogP) is 1.69. The molecule has 1 aromatic carbocycles. The Balaban J connectivity index is 2.08. The Labute approximate surface area is 116 Å². The lowest BCUT2D eigenvalue weighted by atomic mass is 10.1. The molecule has 2 N–H and O–H groups in total. The van der Waals surface area contributed by atoms with Crippen molar-refractivity contribution < 1.29 is 14.5 Å². The van der Waals surface area contributed by atoms with Gasteiger partial charge in [-0.1, -0.05) is 6.07 Å². The van der Waals surface area contributed by atoms with Gasteiger partial charge in [0.2, 0.25) is 5.75 Å². The van der Waals surface area contributed by atoms with Crippen molar-refractivity contribution in [2.75, 3.05) is 19.6 Å². The number of hydrogen-bond donors (Lipinski definition) is 1. The van der Waals surface area contributed by atoms with Gasteiger partial charge >= 0.3 is 11.8 Å². The molecule has 1 saturated heterocycles. The van der Waals surface area contributed by atoms with Crippen molar-refractivity contribution in [2.24, 2.45) is 5.73 Å². The van der Waals surface area contributed by atoms with Gasteiger partial charge in [-0.2, -0.15) is 0 Å². The number of nitro benzene ring substituents is 1. The monoisotopic (exact) mass is 279 g/mol. The zero-order valence-corrected chi connectivity index (χ0v) is 11.1. The van der Waals surface area contributed by atoms with Crippen LogP contribution in [0.3, 0.4) is 0 Å². The quantitative estimate of drug-likeness (QED) is 0.653. The fourth-order valence-electron chi connectivity index (χ4n) is 2.35. The van der Waals surface area contributed by atoms with Gasteiger partial charge in [0.05, 0.1) is 4.92 Å². The van der Waals surface area contributed by atoms with Crippen LogP contribution >= 0.6 is 0 Å². The second kappa shape index (κ2) is 6.33. The minimum Gasteiger partial charge on any atom is -0.403 e. The van der Waals surface area contributed by atoms with E-state index in [1.807, 2.05) is 0 Å². The van der Waals surface area contributed by atoms with E-state index in [9.17, 15) is 14.9 Å². The van der Waals surface area contributed by atoms with E-state index in [1.165, 1.54) is 25.0 Å². The average molecular weight is 279 g/mol. The fraction of sp³-hybridized carbons (Fsp3) is 0.462. The van der Waals surface area contributed by atoms with E-state index in [2.05, 4.69) is 9.64 Å². The summed E-state index contributed by atoms with van der Waals surface area (Å²) >= 11 is 0. The van der Waals surface area contributed by atoms with E-state index in [4.69, 9.17) is 5.73 Å². The van der Waals surface area contributed by atoms with Gasteiger partial charge in [0, 0.05) is 12.6 Å². The Morgan fingerprint density at radius 3 is 2.70 bits per heavy atom. The average Bonchev–Trinajstić information content (AvgIpc) is 2.89. The van der Waals surface area contributed by atoms with Crippen molar-refractivity contribution in [1.29, 1.82) is 0 Å². The number of carbonyl (C=O) groups excluding carboxylic acids is 1. The molecule has 0 aromatic heterocycles. The Morgan fingerprint density at radius 1 is 1.40 bits per heavy atom. The van der Waals surface area contributed by atoms with Crippen LogP contribution in [0.15, 0.2) is 18.2 Å². The number of hydrogen-bond acceptors (Lipinski definition) is 5. The maximum Gasteiger partial charge on any atom is 0.410 e. The Kier molecular flexibility index (Phi) is 4.52. The second-order valence-corrected chi connectivity index (χ2v) is 4.78. The number of carbonyl (C=O) groups is 1. The minimum absolute atomic E-state index is 0.118. The Hall–Kier alpha value is -2.15. The molecule has 0 aliphatic carbocycles. The van der Waals surface area contributed by atoms with Crippen LogP contribution in [0, 0.1) is 10.1 Å². The Morgan fingerprint density at radius 2 is 2.10 bits per heavy atom. The number of amides is 1. The molecular formula is C13H17N3O4. The van der Waals surface area contributed by atoms with Crippen LogP contribution < -0.4 is 10.5 Å². The second-order valence-electron chi connectivity index (χ2n) is 4.78. The van der Waals surface area contributed by atoms with Crippen molar-refractivity contribution >= 4 is 11.8 Å². The summed E-state index contributed by atoms with van der Waals surface area (Å²) in [7, 11) is 0. The third kappa shape index (κ3) is 3.67. The van der Waals surface area contributed by atoms with Crippen LogP contribution in [-0.2, 0) is 6.42 Å². The first kappa shape index (κ1) is 14.3. The van der Waals surface area contributed by atoms with Crippen LogP contribution in [0.5, 0.6) is 5.75 Å². The number of nitrogens with zero attached hydrogens (tertiary/aromatic N) is 2. The molecule has 20 heavy (non-hydrogen) atoms. The first-order valence-corrected chi connectivity index (χ1v) is 6.53. The lowest BCUT2D eigenvalue weighted by Gasteiger charge is -2.14. The highest BCUT2D eigenvalue weighted by Crippen LogP contribution is 2.28. The highest BCUT2D eigenvalue weighted by Gasteiger charge is 2.18. The first-order valence-electron chi connectivity index (χ1n) is 6.53. The molecule has 1 heterocycles. The van der Waals surface area contributed by atoms with Crippen molar-refractivity contribution in [3.63, 3.8) is 0 Å². The molecule has 0 bridgehead atoms. The van der Waals surface area contributed by atoms with Gasteiger partial charge in [-0.05, 0) is 44.0 Å². The number of benzene rings is 1. The SMILES string of the molecule is NC(=O)Oc1ccc(CCN2CCCC2)cc1[N+](=O)[O-]. The normalized spacial score (nSPS) is 15.2. The molecule has 1 aliphatic rings. The van der Waals surface area contributed by atoms with Crippen molar-refractivity contribution in [1.82, 2.24) is 4.90 Å². The molecule has 0 unspecified atom stereocenters. The molecule has 7 nitrogen and oxygen atoms in total. The topological polar surface area (TPSA) is 98.7 Å². The minimum atomic E-state index is -1.06. The zero-order valence-electron chi connectivity index (χ0n) is 11.1. The standard InChI is InChI=1S/C13H17N3O4/c14-13(17)20-12-4-3-10(9-11(12)16(18)19)5-8-15-6-1-2-7-15/h3-4,9H,1-2,5-8H2,(H2,14,17). The summed E-state index contributed by atoms with van der Waals surface area (Å²) in [6.07, 6.45) is 2.10. The van der Waals surface area contributed by atoms with Crippen LogP contribution in [0.25, 0.3) is 0 Å². The molecular weight excluding hydrogens is 262 g/mol. The molecule has 2 rings (SSSR count). The maximum atomic E-state index is 11.0. The molecule has 1 fully saturated rings. The van der Waals surface area contributed by atoms with Crippen LogP contribution in [0.2, 0.25) is 0 Å². The summed E-state index contributed by atoms with van der Waals surface area (Å²) in [5, 5.41) is 11.0. The molecule has 0 spiro atoms. The van der Waals surface area contributed by atoms with Crippen molar-refractivity contribution in [2.45, 2.75) is 19.3 Å². The van der Waals surface area contributed by atoms with E-state index in [-0.39, 0.29) is 11.4 Å². The van der Waals surface area contributed by atoms with E-state index in [0.29, 0.717) is 0 Å². The molecule has 0 atom stereocenters. The number of nitro groups is 1. The van der Waals surface area contributed by atoms with Gasteiger partial charge in [0.25, 0.3) is 0 Å². The summed E-state index contributed by atoms with van der Waals surface area (Å²) in [4.78, 5) is 23.4. The first-order chi connectivity index (χ1) is 9.56. The molecule has 1 amide bonds. The lowest BCUT2D eigenvalue weighted by Crippen LogP contribution is -2.22. The van der Waals surface area contributed by atoms with Crippen molar-refractivity contribution in [3.05, 3.63) is 33.9 Å². The van der Waals surface area contributed by atoms with Gasteiger partial charge in [-0.3, -0.25) is 10.1 Å². The van der Waals surface area contributed by atoms with E-state index in [0.717, 1.165) is 31.6 Å². The van der Waals surface area contributed by atoms with Gasteiger partial charge in [-0.15, -0.1) is 0 Å². The van der Waals surface area contributed by atoms with Gasteiger partial charge in [-0.25, -0.2) is 4.79 Å². The van der Waals surface area contributed by atoms with Gasteiger partial charge < -0.3 is 15.4 Å². The van der Waals surface area contributed by atoms with Gasteiger partial charge in [0.15, 0.2) is 0 Å². The third-order valence-corrected chi connectivity index (χ3v) is 3.35. The lowest BCUT2D eigenvalue weighted by molar-refractivity contribution is -0.385. The summed E-state index contributed by atoms with van der Waals surface area (Å²) in [6.45, 7) is 3.06. The summed E-state index contributed by atoms with van der Waals surface area (Å²) in [5.74, 6) is -0.118. The highest BCUT2D eigenvalue weighted by molar-refractivity contribution is 5.70. The number of nitrogens with two attached hydrogens (primary N) is 1. The number of ether oxygens (including phenoxy) is 1. The van der Waals surface area contributed by atoms with Crippen LogP contribution in [-0.4, -0.2) is 35.6 Å². The number of primary amides is 1. The van der Waals surface area contributed by atoms with Crippen LogP contribution in [0.4, 0.5) is 10.5 Å².